The molecule has 0 bridgehead atoms. The molecule has 1 heterocycles. The number of benzene rings is 1. The van der Waals surface area contributed by atoms with Gasteiger partial charge in [-0.25, -0.2) is 9.97 Å². The predicted octanol–water partition coefficient (Wildman–Crippen LogP) is 4.94. The summed E-state index contributed by atoms with van der Waals surface area (Å²) < 4.78 is 5.18. The van der Waals surface area contributed by atoms with E-state index >= 15 is 0 Å². The Morgan fingerprint density at radius 2 is 1.83 bits per heavy atom. The smallest absolute Gasteiger partial charge is 0.137 e. The van der Waals surface area contributed by atoms with Gasteiger partial charge in [0.15, 0.2) is 0 Å². The summed E-state index contributed by atoms with van der Waals surface area (Å²) in [5.74, 6) is 3.01. The lowest BCUT2D eigenvalue weighted by atomic mass is 9.95. The molecule has 1 aromatic carbocycles. The molecule has 2 N–H and O–H groups in total. The largest absolute Gasteiger partial charge is 0.495 e. The maximum Gasteiger partial charge on any atom is 0.137 e. The summed E-state index contributed by atoms with van der Waals surface area (Å²) >= 11 is 6.18. The third-order valence-corrected chi connectivity index (χ3v) is 4.51. The molecular formula is C18H23ClN4O. The fourth-order valence-corrected chi connectivity index (χ4v) is 3.31. The Kier molecular flexibility index (Phi) is 5.41. The summed E-state index contributed by atoms with van der Waals surface area (Å²) in [5.41, 5.74) is 0.863. The Labute approximate surface area is 147 Å². The highest BCUT2D eigenvalue weighted by atomic mass is 35.5. The van der Waals surface area contributed by atoms with Crippen molar-refractivity contribution >= 4 is 28.9 Å². The second kappa shape index (κ2) is 7.71. The summed E-state index contributed by atoms with van der Waals surface area (Å²) in [5, 5.41) is 7.39. The molecule has 0 aliphatic heterocycles. The van der Waals surface area contributed by atoms with Gasteiger partial charge >= 0.3 is 0 Å². The zero-order chi connectivity index (χ0) is 16.9. The molecular weight excluding hydrogens is 324 g/mol. The molecule has 1 aromatic heterocycles. The van der Waals surface area contributed by atoms with Crippen LogP contribution in [-0.4, -0.2) is 23.1 Å². The molecule has 0 atom stereocenters. The van der Waals surface area contributed by atoms with E-state index in [-0.39, 0.29) is 0 Å². The highest BCUT2D eigenvalue weighted by Gasteiger charge is 2.14. The molecule has 0 unspecified atom stereocenters. The number of halogens is 1. The van der Waals surface area contributed by atoms with Gasteiger partial charge in [-0.2, -0.15) is 0 Å². The SMILES string of the molecule is COc1ccc(Nc2cc(NC3CCCCC3)nc(C)n2)cc1Cl. The first-order valence-corrected chi connectivity index (χ1v) is 8.74. The minimum atomic E-state index is 0.510. The van der Waals surface area contributed by atoms with Crippen molar-refractivity contribution in [3.05, 3.63) is 35.1 Å². The van der Waals surface area contributed by atoms with Crippen LogP contribution in [0.2, 0.25) is 5.02 Å². The number of anilines is 3. The quantitative estimate of drug-likeness (QED) is 0.803. The molecule has 1 aliphatic carbocycles. The van der Waals surface area contributed by atoms with E-state index in [0.29, 0.717) is 16.8 Å². The van der Waals surface area contributed by atoms with Gasteiger partial charge < -0.3 is 15.4 Å². The maximum atomic E-state index is 6.18. The van der Waals surface area contributed by atoms with Gasteiger partial charge in [0.25, 0.3) is 0 Å². The standard InChI is InChI=1S/C18H23ClN4O/c1-12-20-17(22-13-6-4-3-5-7-13)11-18(21-12)23-14-8-9-16(24-2)15(19)10-14/h8-11,13H,3-7H2,1-2H3,(H2,20,21,22,23). The zero-order valence-corrected chi connectivity index (χ0v) is 14.9. The van der Waals surface area contributed by atoms with E-state index in [4.69, 9.17) is 16.3 Å². The number of nitrogens with one attached hydrogen (secondary N) is 2. The van der Waals surface area contributed by atoms with Gasteiger partial charge in [-0.05, 0) is 38.0 Å². The van der Waals surface area contributed by atoms with Crippen LogP contribution in [0.4, 0.5) is 17.3 Å². The van der Waals surface area contributed by atoms with Crippen molar-refractivity contribution in [2.75, 3.05) is 17.7 Å². The molecule has 0 amide bonds. The Morgan fingerprint density at radius 1 is 1.08 bits per heavy atom. The van der Waals surface area contributed by atoms with Gasteiger partial charge in [-0.15, -0.1) is 0 Å². The molecule has 0 saturated heterocycles. The van der Waals surface area contributed by atoms with Crippen molar-refractivity contribution < 1.29 is 4.74 Å². The van der Waals surface area contributed by atoms with Crippen molar-refractivity contribution in [1.82, 2.24) is 9.97 Å². The Hall–Kier alpha value is -2.01. The molecule has 3 rings (SSSR count). The van der Waals surface area contributed by atoms with Gasteiger partial charge in [0.2, 0.25) is 0 Å². The molecule has 0 radical (unpaired) electrons. The van der Waals surface area contributed by atoms with E-state index in [1.54, 1.807) is 7.11 Å². The van der Waals surface area contributed by atoms with Crippen LogP contribution in [0.5, 0.6) is 5.75 Å². The third kappa shape index (κ3) is 4.29. The lowest BCUT2D eigenvalue weighted by Crippen LogP contribution is -2.23. The van der Waals surface area contributed by atoms with Gasteiger partial charge in [0.05, 0.1) is 12.1 Å². The van der Waals surface area contributed by atoms with Crippen LogP contribution in [0.3, 0.4) is 0 Å². The number of hydrogen-bond acceptors (Lipinski definition) is 5. The van der Waals surface area contributed by atoms with Crippen LogP contribution < -0.4 is 15.4 Å². The first-order valence-electron chi connectivity index (χ1n) is 8.37. The third-order valence-electron chi connectivity index (χ3n) is 4.22. The number of aryl methyl sites for hydroxylation is 1. The highest BCUT2D eigenvalue weighted by Crippen LogP contribution is 2.29. The van der Waals surface area contributed by atoms with Crippen molar-refractivity contribution in [3.63, 3.8) is 0 Å². The number of methoxy groups -OCH3 is 1. The van der Waals surface area contributed by atoms with Gasteiger partial charge in [-0.3, -0.25) is 0 Å². The van der Waals surface area contributed by atoms with Crippen LogP contribution in [0.25, 0.3) is 0 Å². The van der Waals surface area contributed by atoms with Crippen LogP contribution in [0.15, 0.2) is 24.3 Å². The zero-order valence-electron chi connectivity index (χ0n) is 14.1. The Bertz CT molecular complexity index is 701. The minimum Gasteiger partial charge on any atom is -0.495 e. The van der Waals surface area contributed by atoms with E-state index < -0.39 is 0 Å². The fraction of sp³-hybridized carbons (Fsp3) is 0.444. The van der Waals surface area contributed by atoms with E-state index in [2.05, 4.69) is 20.6 Å². The van der Waals surface area contributed by atoms with E-state index in [0.717, 1.165) is 23.1 Å². The second-order valence-corrected chi connectivity index (χ2v) is 6.55. The first kappa shape index (κ1) is 16.8. The number of ether oxygens (including phenoxy) is 1. The van der Waals surface area contributed by atoms with Gasteiger partial charge in [0, 0.05) is 17.8 Å². The molecule has 128 valence electrons. The first-order chi connectivity index (χ1) is 11.6. The number of aromatic nitrogens is 2. The van der Waals surface area contributed by atoms with Crippen molar-refractivity contribution in [3.8, 4) is 5.75 Å². The fourth-order valence-electron chi connectivity index (χ4n) is 3.05. The molecule has 1 aliphatic rings. The lowest BCUT2D eigenvalue weighted by molar-refractivity contribution is 0.415. The summed E-state index contributed by atoms with van der Waals surface area (Å²) in [7, 11) is 1.60. The van der Waals surface area contributed by atoms with Gasteiger partial charge in [0.1, 0.15) is 23.2 Å². The second-order valence-electron chi connectivity index (χ2n) is 6.14. The minimum absolute atomic E-state index is 0.510. The van der Waals surface area contributed by atoms with E-state index in [1.807, 2.05) is 31.2 Å². The normalized spacial score (nSPS) is 15.1. The summed E-state index contributed by atoms with van der Waals surface area (Å²) in [6.07, 6.45) is 6.33. The molecule has 6 heteroatoms. The number of rotatable bonds is 5. The Balaban J connectivity index is 1.74. The molecule has 5 nitrogen and oxygen atoms in total. The predicted molar refractivity (Wildman–Crippen MR) is 98.6 cm³/mol. The topological polar surface area (TPSA) is 59.1 Å². The van der Waals surface area contributed by atoms with E-state index in [9.17, 15) is 0 Å². The number of nitrogens with zero attached hydrogens (tertiary/aromatic N) is 2. The summed E-state index contributed by atoms with van der Waals surface area (Å²) in [4.78, 5) is 8.96. The van der Waals surface area contributed by atoms with Crippen LogP contribution >= 0.6 is 11.6 Å². The maximum absolute atomic E-state index is 6.18. The van der Waals surface area contributed by atoms with Crippen LogP contribution in [0.1, 0.15) is 37.9 Å². The monoisotopic (exact) mass is 346 g/mol. The molecule has 2 aromatic rings. The van der Waals surface area contributed by atoms with Crippen LogP contribution in [0, 0.1) is 6.92 Å². The van der Waals surface area contributed by atoms with Gasteiger partial charge in [-0.1, -0.05) is 30.9 Å². The Morgan fingerprint density at radius 3 is 2.54 bits per heavy atom. The highest BCUT2D eigenvalue weighted by molar-refractivity contribution is 6.32. The average molecular weight is 347 g/mol. The van der Waals surface area contributed by atoms with Crippen molar-refractivity contribution in [2.45, 2.75) is 45.1 Å². The van der Waals surface area contributed by atoms with E-state index in [1.165, 1.54) is 32.1 Å². The molecule has 24 heavy (non-hydrogen) atoms. The average Bonchev–Trinajstić information content (AvgIpc) is 2.55. The lowest BCUT2D eigenvalue weighted by Gasteiger charge is -2.23. The molecule has 1 fully saturated rings. The summed E-state index contributed by atoms with van der Waals surface area (Å²) in [6, 6.07) is 8.03. The van der Waals surface area contributed by atoms with Crippen molar-refractivity contribution in [2.24, 2.45) is 0 Å². The van der Waals surface area contributed by atoms with Crippen molar-refractivity contribution in [1.29, 1.82) is 0 Å². The summed E-state index contributed by atoms with van der Waals surface area (Å²) in [6.45, 7) is 1.90. The number of hydrogen-bond donors (Lipinski definition) is 2. The van der Waals surface area contributed by atoms with Crippen LogP contribution in [-0.2, 0) is 0 Å². The molecule has 0 spiro atoms. The molecule has 1 saturated carbocycles.